The SMILES string of the molecule is CCOc1ccc(-n2c(=O)c3c(C)c(C(=O)N(C)C)sc3n(Cc3ccccc3F)c2=O)cc1. The monoisotopic (exact) mass is 481 g/mol. The molecule has 0 aliphatic rings. The highest BCUT2D eigenvalue weighted by Crippen LogP contribution is 2.29. The van der Waals surface area contributed by atoms with Crippen LogP contribution in [-0.2, 0) is 6.54 Å². The Labute approximate surface area is 199 Å². The molecule has 0 fully saturated rings. The molecule has 34 heavy (non-hydrogen) atoms. The van der Waals surface area contributed by atoms with Gasteiger partial charge in [-0.1, -0.05) is 18.2 Å². The van der Waals surface area contributed by atoms with Crippen molar-refractivity contribution in [3.8, 4) is 11.4 Å². The van der Waals surface area contributed by atoms with Crippen molar-refractivity contribution in [1.29, 1.82) is 0 Å². The topological polar surface area (TPSA) is 73.5 Å². The van der Waals surface area contributed by atoms with Gasteiger partial charge in [-0.2, -0.15) is 0 Å². The van der Waals surface area contributed by atoms with Crippen molar-refractivity contribution in [2.45, 2.75) is 20.4 Å². The summed E-state index contributed by atoms with van der Waals surface area (Å²) in [6.07, 6.45) is 0. The van der Waals surface area contributed by atoms with Crippen LogP contribution in [0.3, 0.4) is 0 Å². The van der Waals surface area contributed by atoms with Crippen molar-refractivity contribution < 1.29 is 13.9 Å². The predicted molar refractivity (Wildman–Crippen MR) is 131 cm³/mol. The van der Waals surface area contributed by atoms with Gasteiger partial charge in [-0.3, -0.25) is 14.2 Å². The summed E-state index contributed by atoms with van der Waals surface area (Å²) in [5, 5.41) is 0.264. The first-order valence-electron chi connectivity index (χ1n) is 10.7. The average Bonchev–Trinajstić information content (AvgIpc) is 3.15. The largest absolute Gasteiger partial charge is 0.494 e. The Morgan fingerprint density at radius 1 is 1.09 bits per heavy atom. The molecule has 7 nitrogen and oxygen atoms in total. The molecule has 0 unspecified atom stereocenters. The van der Waals surface area contributed by atoms with E-state index < -0.39 is 17.1 Å². The van der Waals surface area contributed by atoms with Crippen LogP contribution in [0.25, 0.3) is 15.9 Å². The second-order valence-corrected chi connectivity index (χ2v) is 8.96. The van der Waals surface area contributed by atoms with Crippen molar-refractivity contribution >= 4 is 27.5 Å². The average molecular weight is 482 g/mol. The van der Waals surface area contributed by atoms with Crippen molar-refractivity contribution in [3.63, 3.8) is 0 Å². The molecule has 2 heterocycles. The summed E-state index contributed by atoms with van der Waals surface area (Å²) >= 11 is 1.07. The molecule has 176 valence electrons. The van der Waals surface area contributed by atoms with Gasteiger partial charge in [0.15, 0.2) is 0 Å². The summed E-state index contributed by atoms with van der Waals surface area (Å²) in [5.41, 5.74) is 0.00393. The van der Waals surface area contributed by atoms with E-state index in [1.165, 1.54) is 15.5 Å². The van der Waals surface area contributed by atoms with Gasteiger partial charge < -0.3 is 9.64 Å². The number of aryl methyl sites for hydroxylation is 1. The third-order valence-electron chi connectivity index (χ3n) is 5.51. The van der Waals surface area contributed by atoms with Gasteiger partial charge in [-0.15, -0.1) is 11.3 Å². The van der Waals surface area contributed by atoms with Crippen LogP contribution >= 0.6 is 11.3 Å². The van der Waals surface area contributed by atoms with Crippen LogP contribution in [0.5, 0.6) is 5.75 Å². The summed E-state index contributed by atoms with van der Waals surface area (Å²) in [4.78, 5) is 42.1. The zero-order valence-electron chi connectivity index (χ0n) is 19.3. The lowest BCUT2D eigenvalue weighted by Gasteiger charge is -2.13. The van der Waals surface area contributed by atoms with E-state index in [0.29, 0.717) is 38.9 Å². The number of benzene rings is 2. The van der Waals surface area contributed by atoms with Crippen LogP contribution in [0.1, 0.15) is 27.7 Å². The standard InChI is InChI=1S/C25H24FN3O4S/c1-5-33-18-12-10-17(11-13-18)29-22(30)20-15(2)21(23(31)27(3)4)34-24(20)28(25(29)32)14-16-8-6-7-9-19(16)26/h6-13H,5,14H2,1-4H3. The molecule has 1 amide bonds. The molecule has 0 bridgehead atoms. The van der Waals surface area contributed by atoms with E-state index in [1.54, 1.807) is 63.5 Å². The van der Waals surface area contributed by atoms with Crippen molar-refractivity contribution in [2.24, 2.45) is 0 Å². The van der Waals surface area contributed by atoms with Crippen LogP contribution < -0.4 is 16.0 Å². The number of nitrogens with zero attached hydrogens (tertiary/aromatic N) is 3. The quantitative estimate of drug-likeness (QED) is 0.420. The van der Waals surface area contributed by atoms with Crippen LogP contribution in [0.4, 0.5) is 4.39 Å². The minimum atomic E-state index is -0.616. The normalized spacial score (nSPS) is 11.1. The number of carbonyl (C=O) groups excluding carboxylic acids is 1. The van der Waals surface area contributed by atoms with Gasteiger partial charge in [0.05, 0.1) is 29.1 Å². The number of fused-ring (bicyclic) bond motifs is 1. The number of amides is 1. The van der Waals surface area contributed by atoms with Crippen LogP contribution in [0.2, 0.25) is 0 Å². The highest BCUT2D eigenvalue weighted by molar-refractivity contribution is 7.20. The number of hydrogen-bond donors (Lipinski definition) is 0. The van der Waals surface area contributed by atoms with Gasteiger partial charge in [-0.05, 0) is 49.7 Å². The molecule has 4 rings (SSSR count). The zero-order valence-corrected chi connectivity index (χ0v) is 20.1. The predicted octanol–water partition coefficient (Wildman–Crippen LogP) is 3.81. The molecule has 0 N–H and O–H groups in total. The maximum atomic E-state index is 14.5. The summed E-state index contributed by atoms with van der Waals surface area (Å²) < 4.78 is 22.4. The highest BCUT2D eigenvalue weighted by Gasteiger charge is 2.25. The Balaban J connectivity index is 2.04. The second-order valence-electron chi connectivity index (χ2n) is 7.96. The molecule has 0 spiro atoms. The van der Waals surface area contributed by atoms with Gasteiger partial charge in [-0.25, -0.2) is 13.8 Å². The maximum absolute atomic E-state index is 14.5. The van der Waals surface area contributed by atoms with E-state index in [4.69, 9.17) is 4.74 Å². The summed E-state index contributed by atoms with van der Waals surface area (Å²) in [5.74, 6) is -0.118. The first kappa shape index (κ1) is 23.4. The Bertz CT molecular complexity index is 1500. The van der Waals surface area contributed by atoms with Gasteiger partial charge >= 0.3 is 5.69 Å². The van der Waals surface area contributed by atoms with Crippen LogP contribution in [-0.4, -0.2) is 40.6 Å². The van der Waals surface area contributed by atoms with Crippen LogP contribution in [0, 0.1) is 12.7 Å². The smallest absolute Gasteiger partial charge is 0.337 e. The molecular formula is C25H24FN3O4S. The first-order chi connectivity index (χ1) is 16.2. The lowest BCUT2D eigenvalue weighted by molar-refractivity contribution is 0.0831. The Morgan fingerprint density at radius 2 is 1.76 bits per heavy atom. The minimum absolute atomic E-state index is 0.0884. The molecule has 0 saturated heterocycles. The van der Waals surface area contributed by atoms with E-state index in [0.717, 1.165) is 15.9 Å². The number of carbonyl (C=O) groups is 1. The fourth-order valence-corrected chi connectivity index (χ4v) is 5.09. The minimum Gasteiger partial charge on any atom is -0.494 e. The molecule has 0 aliphatic heterocycles. The Morgan fingerprint density at radius 3 is 2.38 bits per heavy atom. The lowest BCUT2D eigenvalue weighted by Crippen LogP contribution is -2.39. The van der Waals surface area contributed by atoms with E-state index >= 15 is 0 Å². The van der Waals surface area contributed by atoms with E-state index in [2.05, 4.69) is 0 Å². The maximum Gasteiger partial charge on any atom is 0.337 e. The molecule has 0 aliphatic carbocycles. The number of ether oxygens (including phenoxy) is 1. The fraction of sp³-hybridized carbons (Fsp3) is 0.240. The summed E-state index contributed by atoms with van der Waals surface area (Å²) in [6.45, 7) is 3.95. The molecule has 0 atom stereocenters. The van der Waals surface area contributed by atoms with Gasteiger partial charge in [0.2, 0.25) is 0 Å². The number of hydrogen-bond acceptors (Lipinski definition) is 5. The van der Waals surface area contributed by atoms with Gasteiger partial charge in [0.25, 0.3) is 11.5 Å². The summed E-state index contributed by atoms with van der Waals surface area (Å²) in [7, 11) is 3.24. The van der Waals surface area contributed by atoms with Crippen molar-refractivity contribution in [3.05, 3.63) is 91.2 Å². The van der Waals surface area contributed by atoms with Crippen LogP contribution in [0.15, 0.2) is 58.1 Å². The van der Waals surface area contributed by atoms with E-state index in [-0.39, 0.29) is 17.8 Å². The fourth-order valence-electron chi connectivity index (χ4n) is 3.78. The number of halogens is 1. The lowest BCUT2D eigenvalue weighted by atomic mass is 10.2. The summed E-state index contributed by atoms with van der Waals surface area (Å²) in [6, 6.07) is 12.8. The van der Waals surface area contributed by atoms with Gasteiger partial charge in [0, 0.05) is 19.7 Å². The third kappa shape index (κ3) is 4.03. The molecule has 2 aromatic carbocycles. The first-order valence-corrected chi connectivity index (χ1v) is 11.5. The van der Waals surface area contributed by atoms with Crippen molar-refractivity contribution in [1.82, 2.24) is 14.0 Å². The molecule has 0 saturated carbocycles. The number of rotatable bonds is 6. The van der Waals surface area contributed by atoms with Gasteiger partial charge in [0.1, 0.15) is 16.4 Å². The Hall–Kier alpha value is -3.72. The van der Waals surface area contributed by atoms with E-state index in [1.807, 2.05) is 6.92 Å². The molecule has 4 aromatic rings. The zero-order chi connectivity index (χ0) is 24.6. The molecular weight excluding hydrogens is 457 g/mol. The molecule has 9 heteroatoms. The molecule has 2 aromatic heterocycles. The van der Waals surface area contributed by atoms with E-state index in [9.17, 15) is 18.8 Å². The molecule has 0 radical (unpaired) electrons. The number of aromatic nitrogens is 2. The number of thiophene rings is 1. The second kappa shape index (κ2) is 9.26. The highest BCUT2D eigenvalue weighted by atomic mass is 32.1. The third-order valence-corrected chi connectivity index (χ3v) is 6.81. The Kier molecular flexibility index (Phi) is 6.39. The van der Waals surface area contributed by atoms with Crippen molar-refractivity contribution in [2.75, 3.05) is 20.7 Å².